The predicted molar refractivity (Wildman–Crippen MR) is 75.9 cm³/mol. The molecule has 6 heteroatoms. The monoisotopic (exact) mass is 280 g/mol. The summed E-state index contributed by atoms with van der Waals surface area (Å²) in [5, 5.41) is 20.4. The first-order valence-corrected chi connectivity index (χ1v) is 6.90. The van der Waals surface area contributed by atoms with Crippen molar-refractivity contribution in [3.8, 4) is 0 Å². The fourth-order valence-electron chi connectivity index (χ4n) is 2.51. The Labute approximate surface area is 118 Å². The highest BCUT2D eigenvalue weighted by molar-refractivity contribution is 5.64. The van der Waals surface area contributed by atoms with E-state index in [1.165, 1.54) is 6.07 Å². The van der Waals surface area contributed by atoms with Gasteiger partial charge in [-0.2, -0.15) is 0 Å². The molecule has 1 aliphatic heterocycles. The third-order valence-corrected chi connectivity index (χ3v) is 3.51. The molecule has 0 radical (unpaired) electrons. The lowest BCUT2D eigenvalue weighted by Gasteiger charge is -2.34. The third-order valence-electron chi connectivity index (χ3n) is 3.51. The second-order valence-electron chi connectivity index (χ2n) is 4.97. The molecule has 0 aliphatic carbocycles. The molecular formula is C14H20N2O4. The smallest absolute Gasteiger partial charge is 0.292 e. The molecule has 0 aromatic heterocycles. The maximum atomic E-state index is 11.2. The Kier molecular flexibility index (Phi) is 4.92. The van der Waals surface area contributed by atoms with Crippen molar-refractivity contribution >= 4 is 11.4 Å². The van der Waals surface area contributed by atoms with Gasteiger partial charge in [0.05, 0.1) is 24.2 Å². The Balaban J connectivity index is 2.27. The second kappa shape index (κ2) is 6.67. The van der Waals surface area contributed by atoms with Gasteiger partial charge in [0.1, 0.15) is 5.69 Å². The quantitative estimate of drug-likeness (QED) is 0.660. The van der Waals surface area contributed by atoms with E-state index in [9.17, 15) is 15.2 Å². The van der Waals surface area contributed by atoms with E-state index in [4.69, 9.17) is 4.74 Å². The van der Waals surface area contributed by atoms with Crippen molar-refractivity contribution in [2.24, 2.45) is 0 Å². The molecule has 1 unspecified atom stereocenters. The number of nitrogens with zero attached hydrogens (tertiary/aromatic N) is 2. The van der Waals surface area contributed by atoms with Crippen LogP contribution in [0.3, 0.4) is 0 Å². The maximum Gasteiger partial charge on any atom is 0.292 e. The Morgan fingerprint density at radius 1 is 1.55 bits per heavy atom. The van der Waals surface area contributed by atoms with E-state index in [1.807, 2.05) is 4.90 Å². The molecule has 1 aromatic rings. The van der Waals surface area contributed by atoms with Crippen LogP contribution in [0.5, 0.6) is 0 Å². The molecule has 1 aliphatic rings. The van der Waals surface area contributed by atoms with Crippen LogP contribution in [-0.4, -0.2) is 35.8 Å². The van der Waals surface area contributed by atoms with Crippen molar-refractivity contribution in [3.63, 3.8) is 0 Å². The molecule has 1 aromatic carbocycles. The van der Waals surface area contributed by atoms with Gasteiger partial charge in [0.2, 0.25) is 0 Å². The van der Waals surface area contributed by atoms with Crippen LogP contribution in [0.4, 0.5) is 11.4 Å². The lowest BCUT2D eigenvalue weighted by Crippen LogP contribution is -2.42. The molecule has 0 amide bonds. The number of nitro benzene ring substituents is 1. The predicted octanol–water partition coefficient (Wildman–Crippen LogP) is 2.09. The van der Waals surface area contributed by atoms with Gasteiger partial charge < -0.3 is 14.7 Å². The summed E-state index contributed by atoms with van der Waals surface area (Å²) in [6.07, 6.45) is 2.09. The number of nitro groups is 1. The van der Waals surface area contributed by atoms with E-state index < -0.39 is 0 Å². The summed E-state index contributed by atoms with van der Waals surface area (Å²) in [6, 6.07) is 4.75. The molecule has 1 saturated heterocycles. The van der Waals surface area contributed by atoms with E-state index in [0.717, 1.165) is 12.8 Å². The highest BCUT2D eigenvalue weighted by Crippen LogP contribution is 2.31. The zero-order valence-electron chi connectivity index (χ0n) is 11.6. The number of morpholine rings is 1. The van der Waals surface area contributed by atoms with Crippen LogP contribution < -0.4 is 4.90 Å². The normalized spacial score (nSPS) is 19.1. The van der Waals surface area contributed by atoms with Crippen LogP contribution in [-0.2, 0) is 11.3 Å². The number of rotatable bonds is 5. The standard InChI is InChI=1S/C14H20N2O4/c1-2-3-12-9-15(6-7-20-12)14-8-11(10-17)4-5-13(14)16(18)19/h4-5,8,12,17H,2-3,6-7,9-10H2,1H3. The minimum absolute atomic E-state index is 0.0827. The van der Waals surface area contributed by atoms with Crippen LogP contribution in [0, 0.1) is 10.1 Å². The van der Waals surface area contributed by atoms with Gasteiger partial charge in [-0.1, -0.05) is 13.3 Å². The first-order valence-electron chi connectivity index (χ1n) is 6.90. The summed E-state index contributed by atoms with van der Waals surface area (Å²) in [5.41, 5.74) is 1.34. The molecule has 1 N–H and O–H groups in total. The van der Waals surface area contributed by atoms with Gasteiger partial charge in [-0.15, -0.1) is 0 Å². The summed E-state index contributed by atoms with van der Waals surface area (Å²) in [6.45, 7) is 3.84. The number of anilines is 1. The van der Waals surface area contributed by atoms with Crippen LogP contribution in [0.15, 0.2) is 18.2 Å². The zero-order chi connectivity index (χ0) is 14.5. The number of hydrogen-bond acceptors (Lipinski definition) is 5. The molecule has 0 spiro atoms. The largest absolute Gasteiger partial charge is 0.392 e. The first kappa shape index (κ1) is 14.7. The number of aliphatic hydroxyl groups excluding tert-OH is 1. The molecule has 110 valence electrons. The van der Waals surface area contributed by atoms with Crippen LogP contribution in [0.1, 0.15) is 25.3 Å². The summed E-state index contributed by atoms with van der Waals surface area (Å²) < 4.78 is 5.67. The number of hydrogen-bond donors (Lipinski definition) is 1. The zero-order valence-corrected chi connectivity index (χ0v) is 11.6. The average molecular weight is 280 g/mol. The summed E-state index contributed by atoms with van der Waals surface area (Å²) in [4.78, 5) is 12.8. The van der Waals surface area contributed by atoms with E-state index in [0.29, 0.717) is 30.9 Å². The lowest BCUT2D eigenvalue weighted by molar-refractivity contribution is -0.384. The minimum Gasteiger partial charge on any atom is -0.392 e. The summed E-state index contributed by atoms with van der Waals surface area (Å²) >= 11 is 0. The van der Waals surface area contributed by atoms with Crippen molar-refractivity contribution in [3.05, 3.63) is 33.9 Å². The molecule has 6 nitrogen and oxygen atoms in total. The molecule has 1 fully saturated rings. The van der Waals surface area contributed by atoms with Gasteiger partial charge in [0.15, 0.2) is 0 Å². The van der Waals surface area contributed by atoms with Crippen LogP contribution >= 0.6 is 0 Å². The van der Waals surface area contributed by atoms with Gasteiger partial charge in [0.25, 0.3) is 5.69 Å². The molecular weight excluding hydrogens is 260 g/mol. The Morgan fingerprint density at radius 2 is 2.35 bits per heavy atom. The molecule has 1 heterocycles. The van der Waals surface area contributed by atoms with E-state index in [-0.39, 0.29) is 23.3 Å². The summed E-state index contributed by atoms with van der Waals surface area (Å²) in [5.74, 6) is 0. The first-order chi connectivity index (χ1) is 9.65. The second-order valence-corrected chi connectivity index (χ2v) is 4.97. The third kappa shape index (κ3) is 3.26. The summed E-state index contributed by atoms with van der Waals surface area (Å²) in [7, 11) is 0. The molecule has 0 saturated carbocycles. The molecule has 2 rings (SSSR count). The van der Waals surface area contributed by atoms with Crippen molar-refractivity contribution in [1.82, 2.24) is 0 Å². The van der Waals surface area contributed by atoms with Gasteiger partial charge in [-0.3, -0.25) is 10.1 Å². The van der Waals surface area contributed by atoms with Crippen LogP contribution in [0.25, 0.3) is 0 Å². The fourth-order valence-corrected chi connectivity index (χ4v) is 2.51. The minimum atomic E-state index is -0.374. The Bertz CT molecular complexity index is 476. The van der Waals surface area contributed by atoms with Crippen molar-refractivity contribution < 1.29 is 14.8 Å². The maximum absolute atomic E-state index is 11.2. The fraction of sp³-hybridized carbons (Fsp3) is 0.571. The lowest BCUT2D eigenvalue weighted by atomic mass is 10.1. The molecule has 1 atom stereocenters. The van der Waals surface area contributed by atoms with Crippen molar-refractivity contribution in [2.75, 3.05) is 24.6 Å². The Morgan fingerprint density at radius 3 is 3.00 bits per heavy atom. The van der Waals surface area contributed by atoms with Gasteiger partial charge in [0, 0.05) is 19.2 Å². The Hall–Kier alpha value is -1.66. The highest BCUT2D eigenvalue weighted by Gasteiger charge is 2.25. The average Bonchev–Trinajstić information content (AvgIpc) is 2.47. The van der Waals surface area contributed by atoms with Gasteiger partial charge in [-0.05, 0) is 24.1 Å². The highest BCUT2D eigenvalue weighted by atomic mass is 16.6. The SMILES string of the molecule is CCCC1CN(c2cc(CO)ccc2[N+](=O)[O-])CCO1. The number of benzene rings is 1. The van der Waals surface area contributed by atoms with E-state index in [1.54, 1.807) is 12.1 Å². The van der Waals surface area contributed by atoms with Gasteiger partial charge in [-0.25, -0.2) is 0 Å². The van der Waals surface area contributed by atoms with E-state index >= 15 is 0 Å². The topological polar surface area (TPSA) is 75.8 Å². The van der Waals surface area contributed by atoms with Crippen LogP contribution in [0.2, 0.25) is 0 Å². The number of ether oxygens (including phenoxy) is 1. The van der Waals surface area contributed by atoms with Crippen molar-refractivity contribution in [2.45, 2.75) is 32.5 Å². The number of aliphatic hydroxyl groups is 1. The van der Waals surface area contributed by atoms with Crippen molar-refractivity contribution in [1.29, 1.82) is 0 Å². The van der Waals surface area contributed by atoms with E-state index in [2.05, 4.69) is 6.92 Å². The van der Waals surface area contributed by atoms with Gasteiger partial charge >= 0.3 is 0 Å². The molecule has 20 heavy (non-hydrogen) atoms. The molecule has 0 bridgehead atoms.